The molecule has 19 heavy (non-hydrogen) atoms. The molecule has 4 rings (SSSR count). The lowest BCUT2D eigenvalue weighted by Gasteiger charge is -2.48. The van der Waals surface area contributed by atoms with Crippen molar-refractivity contribution in [3.8, 4) is 0 Å². The summed E-state index contributed by atoms with van der Waals surface area (Å²) in [7, 11) is -3.55. The lowest BCUT2D eigenvalue weighted by Crippen LogP contribution is -2.57. The minimum absolute atomic E-state index is 0.00888. The molecule has 1 saturated carbocycles. The normalized spacial score (nSPS) is 31.3. The van der Waals surface area contributed by atoms with Gasteiger partial charge in [-0.2, -0.15) is 4.31 Å². The number of benzene rings is 1. The van der Waals surface area contributed by atoms with Crippen molar-refractivity contribution in [1.29, 1.82) is 0 Å². The van der Waals surface area contributed by atoms with Gasteiger partial charge in [0, 0.05) is 6.04 Å². The lowest BCUT2D eigenvalue weighted by atomic mass is 9.77. The molecule has 0 aromatic heterocycles. The van der Waals surface area contributed by atoms with Gasteiger partial charge in [0.05, 0.1) is 10.9 Å². The Labute approximate surface area is 113 Å². The highest BCUT2D eigenvalue weighted by molar-refractivity contribution is 7.89. The molecule has 1 aromatic rings. The molecule has 102 valence electrons. The first-order valence-corrected chi connectivity index (χ1v) is 8.12. The van der Waals surface area contributed by atoms with E-state index in [4.69, 9.17) is 0 Å². The van der Waals surface area contributed by atoms with Crippen molar-refractivity contribution < 1.29 is 13.2 Å². The largest absolute Gasteiger partial charge is 0.302 e. The molecule has 0 spiro atoms. The monoisotopic (exact) mass is 279 g/mol. The second kappa shape index (κ2) is 4.72. The Bertz CT molecular complexity index is 562. The highest BCUT2D eigenvalue weighted by atomic mass is 32.2. The summed E-state index contributed by atoms with van der Waals surface area (Å²) in [5, 5.41) is 0. The predicted octanol–water partition coefficient (Wildman–Crippen LogP) is 1.82. The Balaban J connectivity index is 2.03. The second-order valence-corrected chi connectivity index (χ2v) is 7.19. The quantitative estimate of drug-likeness (QED) is 0.793. The van der Waals surface area contributed by atoms with E-state index >= 15 is 0 Å². The Morgan fingerprint density at radius 2 is 1.68 bits per heavy atom. The molecule has 4 nitrogen and oxygen atoms in total. The number of hydrogen-bond acceptors (Lipinski definition) is 3. The highest BCUT2D eigenvalue weighted by Crippen LogP contribution is 2.41. The lowest BCUT2D eigenvalue weighted by molar-refractivity contribution is -0.116. The number of piperidine rings is 2. The van der Waals surface area contributed by atoms with Crippen LogP contribution < -0.4 is 0 Å². The molecule has 1 unspecified atom stereocenters. The Hall–Kier alpha value is -1.20. The summed E-state index contributed by atoms with van der Waals surface area (Å²) in [6.07, 6.45) is 4.50. The zero-order valence-electron chi connectivity index (χ0n) is 10.6. The van der Waals surface area contributed by atoms with Crippen molar-refractivity contribution in [2.45, 2.75) is 42.7 Å². The highest BCUT2D eigenvalue weighted by Gasteiger charge is 2.47. The predicted molar refractivity (Wildman–Crippen MR) is 71.1 cm³/mol. The molecule has 0 radical (unpaired) electrons. The third kappa shape index (κ3) is 2.01. The number of rotatable bonds is 3. The fourth-order valence-electron chi connectivity index (χ4n) is 3.39. The maximum Gasteiger partial charge on any atom is 0.243 e. The molecule has 1 aliphatic carbocycles. The van der Waals surface area contributed by atoms with Crippen molar-refractivity contribution >= 4 is 16.3 Å². The summed E-state index contributed by atoms with van der Waals surface area (Å²) < 4.78 is 26.9. The van der Waals surface area contributed by atoms with Crippen molar-refractivity contribution in [3.05, 3.63) is 30.3 Å². The Morgan fingerprint density at radius 3 is 2.26 bits per heavy atom. The van der Waals surface area contributed by atoms with Crippen LogP contribution in [-0.2, 0) is 14.8 Å². The third-order valence-electron chi connectivity index (χ3n) is 4.34. The number of sulfonamides is 1. The van der Waals surface area contributed by atoms with Gasteiger partial charge in [0.25, 0.3) is 0 Å². The number of carbonyl (C=O) groups excluding carboxylic acids is 1. The van der Waals surface area contributed by atoms with Gasteiger partial charge in [-0.1, -0.05) is 18.2 Å². The molecule has 0 N–H and O–H groups in total. The van der Waals surface area contributed by atoms with Gasteiger partial charge in [0.15, 0.2) is 0 Å². The van der Waals surface area contributed by atoms with Gasteiger partial charge < -0.3 is 4.79 Å². The molecule has 2 bridgehead atoms. The molecule has 5 heteroatoms. The summed E-state index contributed by atoms with van der Waals surface area (Å²) in [5.41, 5.74) is 0. The maximum absolute atomic E-state index is 12.7. The summed E-state index contributed by atoms with van der Waals surface area (Å²) in [6, 6.07) is 7.93. The van der Waals surface area contributed by atoms with Gasteiger partial charge in [-0.3, -0.25) is 0 Å². The van der Waals surface area contributed by atoms with Crippen LogP contribution in [0.2, 0.25) is 0 Å². The van der Waals surface area contributed by atoms with Crippen LogP contribution in [0.3, 0.4) is 0 Å². The number of aldehydes is 1. The molecule has 0 amide bonds. The maximum atomic E-state index is 12.7. The third-order valence-corrected chi connectivity index (χ3v) is 6.30. The smallest absolute Gasteiger partial charge is 0.243 e. The molecule has 2 heterocycles. The van der Waals surface area contributed by atoms with Crippen LogP contribution in [0.1, 0.15) is 25.7 Å². The first-order chi connectivity index (χ1) is 9.14. The molecule has 1 atom stereocenters. The average Bonchev–Trinajstić information content (AvgIpc) is 2.48. The first kappa shape index (κ1) is 12.8. The van der Waals surface area contributed by atoms with Crippen molar-refractivity contribution in [1.82, 2.24) is 4.31 Å². The molecule has 2 saturated heterocycles. The van der Waals surface area contributed by atoms with Crippen LogP contribution >= 0.6 is 0 Å². The molecule has 3 fully saturated rings. The van der Waals surface area contributed by atoms with E-state index in [-0.39, 0.29) is 16.9 Å². The van der Waals surface area contributed by atoms with Crippen LogP contribution in [-0.4, -0.2) is 31.1 Å². The standard InChI is InChI=1S/C14H17NO3S/c16-10-14-11-6-8-12(9-7-11)15(14)19(17,18)13-4-2-1-3-5-13/h1-5,10-12,14H,6-9H2. The molecular formula is C14H17NO3S. The first-order valence-electron chi connectivity index (χ1n) is 6.68. The minimum Gasteiger partial charge on any atom is -0.302 e. The van der Waals surface area contributed by atoms with Gasteiger partial charge in [0.2, 0.25) is 10.0 Å². The van der Waals surface area contributed by atoms with Crippen LogP contribution in [0.5, 0.6) is 0 Å². The van der Waals surface area contributed by atoms with Crippen LogP contribution in [0, 0.1) is 5.92 Å². The Kier molecular flexibility index (Phi) is 3.19. The van der Waals surface area contributed by atoms with Crippen molar-refractivity contribution in [2.75, 3.05) is 0 Å². The van der Waals surface area contributed by atoms with Gasteiger partial charge in [0.1, 0.15) is 6.29 Å². The van der Waals surface area contributed by atoms with Gasteiger partial charge in [-0.05, 0) is 43.7 Å². The summed E-state index contributed by atoms with van der Waals surface area (Å²) in [4.78, 5) is 11.6. The molecule has 3 aliphatic rings. The topological polar surface area (TPSA) is 54.5 Å². The van der Waals surface area contributed by atoms with Crippen LogP contribution in [0.25, 0.3) is 0 Å². The fraction of sp³-hybridized carbons (Fsp3) is 0.500. The number of nitrogens with zero attached hydrogens (tertiary/aromatic N) is 1. The van der Waals surface area contributed by atoms with E-state index < -0.39 is 16.1 Å². The van der Waals surface area contributed by atoms with E-state index in [1.807, 2.05) is 0 Å². The van der Waals surface area contributed by atoms with E-state index in [2.05, 4.69) is 0 Å². The van der Waals surface area contributed by atoms with E-state index in [0.29, 0.717) is 0 Å². The molecule has 2 aliphatic heterocycles. The van der Waals surface area contributed by atoms with E-state index in [1.54, 1.807) is 30.3 Å². The number of carbonyl (C=O) groups is 1. The molecule has 1 aromatic carbocycles. The fourth-order valence-corrected chi connectivity index (χ4v) is 5.28. The summed E-state index contributed by atoms with van der Waals surface area (Å²) >= 11 is 0. The zero-order chi connectivity index (χ0) is 13.5. The number of fused-ring (bicyclic) bond motifs is 3. The van der Waals surface area contributed by atoms with Crippen molar-refractivity contribution in [3.63, 3.8) is 0 Å². The Morgan fingerprint density at radius 1 is 1.05 bits per heavy atom. The second-order valence-electron chi connectivity index (χ2n) is 5.34. The van der Waals surface area contributed by atoms with Gasteiger partial charge in [-0.25, -0.2) is 8.42 Å². The zero-order valence-corrected chi connectivity index (χ0v) is 11.4. The van der Waals surface area contributed by atoms with E-state index in [1.165, 1.54) is 4.31 Å². The van der Waals surface area contributed by atoms with E-state index in [0.717, 1.165) is 32.0 Å². The van der Waals surface area contributed by atoms with Crippen molar-refractivity contribution in [2.24, 2.45) is 5.92 Å². The van der Waals surface area contributed by atoms with Crippen LogP contribution in [0.15, 0.2) is 35.2 Å². The van der Waals surface area contributed by atoms with Crippen LogP contribution in [0.4, 0.5) is 0 Å². The van der Waals surface area contributed by atoms with Gasteiger partial charge in [-0.15, -0.1) is 0 Å². The van der Waals surface area contributed by atoms with E-state index in [9.17, 15) is 13.2 Å². The molecular weight excluding hydrogens is 262 g/mol. The summed E-state index contributed by atoms with van der Waals surface area (Å²) in [6.45, 7) is 0. The van der Waals surface area contributed by atoms with Gasteiger partial charge >= 0.3 is 0 Å². The SMILES string of the molecule is O=CC1C2CCC(CC2)N1S(=O)(=O)c1ccccc1. The minimum atomic E-state index is -3.55. The summed E-state index contributed by atoms with van der Waals surface area (Å²) in [5.74, 6) is 0.195. The number of hydrogen-bond donors (Lipinski definition) is 0. The average molecular weight is 279 g/mol.